The quantitative estimate of drug-likeness (QED) is 0.114. The molecule has 0 unspecified atom stereocenters. The van der Waals surface area contributed by atoms with Crippen molar-refractivity contribution in [3.8, 4) is 0 Å². The number of Topliss-reactive ketones (excluding diaryl/α,β-unsaturated/α-hetero) is 1. The van der Waals surface area contributed by atoms with Crippen LogP contribution < -0.4 is 4.90 Å². The molecule has 2 heterocycles. The van der Waals surface area contributed by atoms with Crippen LogP contribution in [-0.4, -0.2) is 34.3 Å². The van der Waals surface area contributed by atoms with E-state index in [1.807, 2.05) is 12.2 Å². The molecule has 0 fully saturated rings. The van der Waals surface area contributed by atoms with E-state index in [1.54, 1.807) is 11.8 Å². The second kappa shape index (κ2) is 15.0. The molecule has 1 aliphatic carbocycles. The molecule has 2 aromatic carbocycles. The van der Waals surface area contributed by atoms with Gasteiger partial charge >= 0.3 is 0 Å². The molecule has 0 atom stereocenters. The van der Waals surface area contributed by atoms with Crippen LogP contribution in [-0.2, 0) is 10.2 Å². The molecule has 240 valence electrons. The molecule has 0 radical (unpaired) electrons. The minimum absolute atomic E-state index is 0.0639. The number of benzene rings is 2. The highest BCUT2D eigenvalue weighted by atomic mass is 32.2. The number of nitrogens with zero attached hydrogens (tertiary/aromatic N) is 2. The Hall–Kier alpha value is -3.05. The fourth-order valence-corrected chi connectivity index (χ4v) is 8.07. The summed E-state index contributed by atoms with van der Waals surface area (Å²) in [6.45, 7) is 13.0. The van der Waals surface area contributed by atoms with E-state index in [2.05, 4.69) is 86.6 Å². The van der Waals surface area contributed by atoms with Gasteiger partial charge in [0, 0.05) is 35.6 Å². The molecule has 2 aromatic rings. The van der Waals surface area contributed by atoms with E-state index in [0.29, 0.717) is 11.1 Å². The normalized spacial score (nSPS) is 18.8. The van der Waals surface area contributed by atoms with Gasteiger partial charge in [-0.15, -0.1) is 0 Å². The zero-order chi connectivity index (χ0) is 32.0. The van der Waals surface area contributed by atoms with Crippen LogP contribution in [0.4, 0.5) is 11.4 Å². The molecule has 0 saturated heterocycles. The van der Waals surface area contributed by atoms with Gasteiger partial charge in [-0.3, -0.25) is 4.79 Å². The van der Waals surface area contributed by atoms with Gasteiger partial charge in [0.05, 0.1) is 27.3 Å². The predicted molar refractivity (Wildman–Crippen MR) is 191 cm³/mol. The lowest BCUT2D eigenvalue weighted by molar-refractivity contribution is -0.438. The minimum atomic E-state index is -0.255. The molecule has 0 saturated carbocycles. The number of carbonyl (C=O) groups excluding carboxylic acids is 1. The molecule has 1 N–H and O–H groups in total. The SMILES string of the molecule is CCCCCCCCN1/C(=C\C2=C(O)C(=C\C3=[N+](CCCCCCCC)c4ccccc4C3(C)C)/C2=O)Sc2ccc(C)cc21. The van der Waals surface area contributed by atoms with Crippen LogP contribution in [0.1, 0.15) is 116 Å². The van der Waals surface area contributed by atoms with Gasteiger partial charge in [0.15, 0.2) is 5.71 Å². The zero-order valence-corrected chi connectivity index (χ0v) is 29.1. The summed E-state index contributed by atoms with van der Waals surface area (Å²) in [7, 11) is 0. The van der Waals surface area contributed by atoms with Gasteiger partial charge in [-0.25, -0.2) is 0 Å². The molecule has 0 spiro atoms. The summed E-state index contributed by atoms with van der Waals surface area (Å²) < 4.78 is 2.40. The van der Waals surface area contributed by atoms with E-state index in [9.17, 15) is 9.90 Å². The fourth-order valence-electron chi connectivity index (χ4n) is 6.96. The van der Waals surface area contributed by atoms with Crippen molar-refractivity contribution < 1.29 is 14.5 Å². The third kappa shape index (κ3) is 7.19. The number of thioether (sulfide) groups is 1. The molecule has 4 nitrogen and oxygen atoms in total. The number of unbranched alkanes of at least 4 members (excludes halogenated alkanes) is 10. The minimum Gasteiger partial charge on any atom is -0.506 e. The Morgan fingerprint density at radius 1 is 0.867 bits per heavy atom. The molecule has 0 aromatic heterocycles. The van der Waals surface area contributed by atoms with E-state index < -0.39 is 0 Å². The van der Waals surface area contributed by atoms with E-state index in [4.69, 9.17) is 0 Å². The lowest BCUT2D eigenvalue weighted by Crippen LogP contribution is -2.31. The van der Waals surface area contributed by atoms with Crippen molar-refractivity contribution in [1.82, 2.24) is 0 Å². The number of rotatable bonds is 16. The average molecular weight is 626 g/mol. The van der Waals surface area contributed by atoms with E-state index in [0.717, 1.165) is 36.7 Å². The van der Waals surface area contributed by atoms with Crippen molar-refractivity contribution in [1.29, 1.82) is 0 Å². The van der Waals surface area contributed by atoms with Crippen LogP contribution in [0.2, 0.25) is 0 Å². The van der Waals surface area contributed by atoms with Gasteiger partial charge in [-0.1, -0.05) is 108 Å². The molecule has 3 aliphatic rings. The van der Waals surface area contributed by atoms with E-state index in [-0.39, 0.29) is 17.0 Å². The lowest BCUT2D eigenvalue weighted by atomic mass is 9.78. The zero-order valence-electron chi connectivity index (χ0n) is 28.3. The first-order chi connectivity index (χ1) is 21.8. The number of aryl methyl sites for hydroxylation is 1. The lowest BCUT2D eigenvalue weighted by Gasteiger charge is -2.24. The van der Waals surface area contributed by atoms with Crippen molar-refractivity contribution in [2.75, 3.05) is 18.0 Å². The first-order valence-corrected chi connectivity index (χ1v) is 18.3. The number of anilines is 1. The number of hydrogen-bond acceptors (Lipinski definition) is 4. The maximum absolute atomic E-state index is 13.7. The molecular formula is C40H53N2O2S+. The molecule has 0 amide bonds. The molecular weight excluding hydrogens is 573 g/mol. The van der Waals surface area contributed by atoms with Crippen LogP contribution in [0.15, 0.2) is 81.4 Å². The number of aliphatic hydroxyl groups is 1. The summed E-state index contributed by atoms with van der Waals surface area (Å²) in [5.41, 5.74) is 6.66. The standard InChI is InChI=1S/C40H52N2O2S/c1-6-8-10-12-14-18-24-41-33-21-17-16-20-32(33)40(4,5)36(41)27-30-38(43)31(39(30)44)28-37-42(25-19-15-13-11-9-7-2)34-26-29(3)22-23-35(34)45-37/h16-17,20-23,26-28H,6-15,18-19,24-25H2,1-5H3/p+1. The maximum Gasteiger partial charge on any atom is 0.209 e. The molecule has 45 heavy (non-hydrogen) atoms. The van der Waals surface area contributed by atoms with E-state index >= 15 is 0 Å². The third-order valence-corrected chi connectivity index (χ3v) is 10.8. The second-order valence-corrected chi connectivity index (χ2v) is 14.6. The Bertz CT molecular complexity index is 1530. The van der Waals surface area contributed by atoms with Crippen molar-refractivity contribution in [3.63, 3.8) is 0 Å². The second-order valence-electron chi connectivity index (χ2n) is 13.6. The van der Waals surface area contributed by atoms with Crippen LogP contribution in [0.25, 0.3) is 0 Å². The van der Waals surface area contributed by atoms with Crippen LogP contribution >= 0.6 is 11.8 Å². The number of allylic oxidation sites excluding steroid dienone is 4. The molecule has 5 heteroatoms. The average Bonchev–Trinajstić information content (AvgIpc) is 3.48. The van der Waals surface area contributed by atoms with Gasteiger partial charge in [0.25, 0.3) is 0 Å². The van der Waals surface area contributed by atoms with Gasteiger partial charge in [-0.05, 0) is 57.4 Å². The van der Waals surface area contributed by atoms with Crippen molar-refractivity contribution in [3.05, 3.63) is 87.7 Å². The molecule has 2 aliphatic heterocycles. The summed E-state index contributed by atoms with van der Waals surface area (Å²) in [5, 5.41) is 12.4. The smallest absolute Gasteiger partial charge is 0.209 e. The Kier molecular flexibility index (Phi) is 11.1. The maximum atomic E-state index is 13.7. The highest BCUT2D eigenvalue weighted by molar-refractivity contribution is 8.03. The van der Waals surface area contributed by atoms with Crippen molar-refractivity contribution in [2.24, 2.45) is 0 Å². The number of ketones is 1. The van der Waals surface area contributed by atoms with Crippen LogP contribution in [0.3, 0.4) is 0 Å². The Morgan fingerprint density at radius 2 is 1.53 bits per heavy atom. The number of carbonyl (C=O) groups is 1. The van der Waals surface area contributed by atoms with Crippen molar-refractivity contribution in [2.45, 2.75) is 122 Å². The molecule has 5 rings (SSSR count). The summed E-state index contributed by atoms with van der Waals surface area (Å²) in [6, 6.07) is 15.2. The van der Waals surface area contributed by atoms with Gasteiger partial charge in [-0.2, -0.15) is 4.58 Å². The number of para-hydroxylation sites is 1. The highest BCUT2D eigenvalue weighted by Crippen LogP contribution is 2.48. The predicted octanol–water partition coefficient (Wildman–Crippen LogP) is 10.9. The monoisotopic (exact) mass is 625 g/mol. The summed E-state index contributed by atoms with van der Waals surface area (Å²) in [5.74, 6) is 0.0598. The number of hydrogen-bond donors (Lipinski definition) is 1. The first-order valence-electron chi connectivity index (χ1n) is 17.5. The fraction of sp³-hybridized carbons (Fsp3) is 0.500. The van der Waals surface area contributed by atoms with Gasteiger partial charge < -0.3 is 10.0 Å². The summed E-state index contributed by atoms with van der Waals surface area (Å²) in [4.78, 5) is 17.3. The Labute approximate surface area is 276 Å². The summed E-state index contributed by atoms with van der Waals surface area (Å²) >= 11 is 1.71. The van der Waals surface area contributed by atoms with E-state index in [1.165, 1.54) is 91.6 Å². The highest BCUT2D eigenvalue weighted by Gasteiger charge is 2.46. The van der Waals surface area contributed by atoms with Crippen LogP contribution in [0.5, 0.6) is 0 Å². The molecule has 0 bridgehead atoms. The Balaban J connectivity index is 1.40. The van der Waals surface area contributed by atoms with Gasteiger partial charge in [0.2, 0.25) is 11.5 Å². The topological polar surface area (TPSA) is 43.5 Å². The number of fused-ring (bicyclic) bond motifs is 2. The number of aliphatic hydroxyl groups excluding tert-OH is 1. The van der Waals surface area contributed by atoms with Crippen LogP contribution in [0, 0.1) is 6.92 Å². The largest absolute Gasteiger partial charge is 0.506 e. The summed E-state index contributed by atoms with van der Waals surface area (Å²) in [6.07, 6.45) is 18.8. The van der Waals surface area contributed by atoms with Gasteiger partial charge in [0.1, 0.15) is 12.3 Å². The third-order valence-electron chi connectivity index (χ3n) is 9.70. The Morgan fingerprint density at radius 3 is 2.24 bits per heavy atom. The van der Waals surface area contributed by atoms with Crippen molar-refractivity contribution >= 4 is 34.6 Å². The first kappa shape index (κ1) is 33.3.